The van der Waals surface area contributed by atoms with E-state index in [-0.39, 0.29) is 12.5 Å². The molecule has 0 bridgehead atoms. The largest absolute Gasteiger partial charge is 0.497 e. The summed E-state index contributed by atoms with van der Waals surface area (Å²) in [5, 5.41) is 3.40. The first-order valence-electron chi connectivity index (χ1n) is 12.1. The van der Waals surface area contributed by atoms with Crippen LogP contribution in [-0.2, 0) is 30.4 Å². The van der Waals surface area contributed by atoms with Crippen LogP contribution < -0.4 is 10.1 Å². The van der Waals surface area contributed by atoms with E-state index >= 15 is 0 Å². The SMILES string of the molecule is CCCCOC(c1ccc(Cl)cc1)C(Cl)N1C=CN(CC(=O)NCc2ccc(OC)cc2)C1OS(C)(=O)=O. The quantitative estimate of drug-likeness (QED) is 0.150. The molecule has 1 heterocycles. The Labute approximate surface area is 234 Å². The van der Waals surface area contributed by atoms with Crippen LogP contribution >= 0.6 is 23.2 Å². The smallest absolute Gasteiger partial charge is 0.267 e. The number of carbonyl (C=O) groups excluding carboxylic acids is 1. The molecule has 3 unspecified atom stereocenters. The summed E-state index contributed by atoms with van der Waals surface area (Å²) in [6.45, 7) is 2.65. The molecule has 12 heteroatoms. The number of rotatable bonds is 14. The first-order chi connectivity index (χ1) is 18.1. The molecule has 208 valence electrons. The van der Waals surface area contributed by atoms with Crippen molar-refractivity contribution < 1.29 is 26.9 Å². The van der Waals surface area contributed by atoms with Crippen LogP contribution in [0, 0.1) is 0 Å². The first kappa shape index (κ1) is 30.0. The molecule has 1 aliphatic rings. The molecule has 38 heavy (non-hydrogen) atoms. The van der Waals surface area contributed by atoms with Crippen molar-refractivity contribution in [3.63, 3.8) is 0 Å². The second-order valence-corrected chi connectivity index (χ2v) is 11.2. The van der Waals surface area contributed by atoms with Gasteiger partial charge in [-0.1, -0.05) is 60.8 Å². The average molecular weight is 587 g/mol. The number of nitrogens with one attached hydrogen (secondary N) is 1. The number of hydrogen-bond donors (Lipinski definition) is 1. The normalized spacial score (nSPS) is 16.9. The van der Waals surface area contributed by atoms with Crippen molar-refractivity contribution in [2.75, 3.05) is 26.5 Å². The highest BCUT2D eigenvalue weighted by molar-refractivity contribution is 7.86. The van der Waals surface area contributed by atoms with Gasteiger partial charge < -0.3 is 24.6 Å². The van der Waals surface area contributed by atoms with Crippen molar-refractivity contribution in [2.24, 2.45) is 0 Å². The Bertz CT molecular complexity index is 1180. The van der Waals surface area contributed by atoms with E-state index in [0.29, 0.717) is 23.9 Å². The van der Waals surface area contributed by atoms with Crippen LogP contribution in [0.15, 0.2) is 60.9 Å². The van der Waals surface area contributed by atoms with Gasteiger partial charge in [-0.05, 0) is 41.8 Å². The summed E-state index contributed by atoms with van der Waals surface area (Å²) < 4.78 is 40.9. The van der Waals surface area contributed by atoms with Gasteiger partial charge in [-0.25, -0.2) is 4.18 Å². The number of halogens is 2. The summed E-state index contributed by atoms with van der Waals surface area (Å²) >= 11 is 13.0. The summed E-state index contributed by atoms with van der Waals surface area (Å²) in [5.74, 6) is 0.392. The van der Waals surface area contributed by atoms with Crippen LogP contribution in [0.4, 0.5) is 0 Å². The lowest BCUT2D eigenvalue weighted by molar-refractivity contribution is -0.126. The molecule has 2 aromatic carbocycles. The predicted molar refractivity (Wildman–Crippen MR) is 147 cm³/mol. The predicted octanol–water partition coefficient (Wildman–Crippen LogP) is 4.44. The standard InChI is InChI=1S/C26H33Cl2N3O6S/c1-4-5-16-36-24(20-8-10-21(27)11-9-20)25(28)31-15-14-30(26(31)37-38(3,33)34)18-23(32)29-17-19-6-12-22(35-2)13-7-19/h6-15,24-26H,4-5,16-18H2,1-3H3,(H,29,32). The van der Waals surface area contributed by atoms with Gasteiger partial charge in [0.25, 0.3) is 10.1 Å². The number of ether oxygens (including phenoxy) is 2. The molecule has 1 N–H and O–H groups in total. The topological polar surface area (TPSA) is 97.4 Å². The molecular formula is C26H33Cl2N3O6S. The maximum absolute atomic E-state index is 12.7. The fourth-order valence-corrected chi connectivity index (χ4v) is 4.77. The lowest BCUT2D eigenvalue weighted by Gasteiger charge is -2.36. The van der Waals surface area contributed by atoms with Gasteiger partial charge in [0.2, 0.25) is 12.3 Å². The van der Waals surface area contributed by atoms with Gasteiger partial charge in [0, 0.05) is 30.6 Å². The van der Waals surface area contributed by atoms with E-state index in [1.165, 1.54) is 9.80 Å². The lowest BCUT2D eigenvalue weighted by Crippen LogP contribution is -2.49. The van der Waals surface area contributed by atoms with E-state index in [9.17, 15) is 13.2 Å². The highest BCUT2D eigenvalue weighted by Gasteiger charge is 2.39. The monoisotopic (exact) mass is 585 g/mol. The summed E-state index contributed by atoms with van der Waals surface area (Å²) in [4.78, 5) is 15.7. The molecule has 1 amide bonds. The fraction of sp³-hybridized carbons (Fsp3) is 0.423. The summed E-state index contributed by atoms with van der Waals surface area (Å²) in [7, 11) is -2.32. The number of benzene rings is 2. The second kappa shape index (κ2) is 14.0. The number of amides is 1. The molecule has 9 nitrogen and oxygen atoms in total. The van der Waals surface area contributed by atoms with Crippen LogP contribution in [-0.4, -0.2) is 62.5 Å². The molecule has 0 fully saturated rings. The molecular weight excluding hydrogens is 553 g/mol. The van der Waals surface area contributed by atoms with Crippen LogP contribution in [0.2, 0.25) is 5.02 Å². The number of hydrogen-bond acceptors (Lipinski definition) is 8. The van der Waals surface area contributed by atoms with Crippen molar-refractivity contribution >= 4 is 39.2 Å². The minimum absolute atomic E-state index is 0.157. The van der Waals surface area contributed by atoms with E-state index in [0.717, 1.165) is 30.2 Å². The first-order valence-corrected chi connectivity index (χ1v) is 14.7. The zero-order valence-electron chi connectivity index (χ0n) is 21.5. The zero-order valence-corrected chi connectivity index (χ0v) is 23.9. The van der Waals surface area contributed by atoms with Gasteiger partial charge in [0.05, 0.1) is 13.4 Å². The molecule has 1 aliphatic heterocycles. The van der Waals surface area contributed by atoms with Gasteiger partial charge in [0.15, 0.2) is 0 Å². The fourth-order valence-electron chi connectivity index (χ4n) is 3.74. The number of unbranched alkanes of at least 4 members (excludes halogenated alkanes) is 1. The van der Waals surface area contributed by atoms with Crippen molar-refractivity contribution in [3.8, 4) is 5.75 Å². The van der Waals surface area contributed by atoms with Gasteiger partial charge >= 0.3 is 0 Å². The Balaban J connectivity index is 1.73. The highest BCUT2D eigenvalue weighted by Crippen LogP contribution is 2.34. The van der Waals surface area contributed by atoms with Crippen molar-refractivity contribution in [1.29, 1.82) is 0 Å². The van der Waals surface area contributed by atoms with Crippen molar-refractivity contribution in [2.45, 2.75) is 44.3 Å². The van der Waals surface area contributed by atoms with Gasteiger partial charge in [-0.15, -0.1) is 0 Å². The number of carbonyl (C=O) groups is 1. The molecule has 0 aromatic heterocycles. The van der Waals surface area contributed by atoms with E-state index in [1.807, 2.05) is 24.3 Å². The highest BCUT2D eigenvalue weighted by atomic mass is 35.5. The Hall–Kier alpha value is -2.50. The molecule has 3 rings (SSSR count). The minimum atomic E-state index is -3.91. The number of methoxy groups -OCH3 is 1. The third-order valence-corrected chi connectivity index (χ3v) is 6.96. The van der Waals surface area contributed by atoms with Crippen LogP contribution in [0.5, 0.6) is 5.75 Å². The molecule has 0 saturated carbocycles. The van der Waals surface area contributed by atoms with E-state index in [1.54, 1.807) is 43.8 Å². The van der Waals surface area contributed by atoms with Crippen molar-refractivity contribution in [1.82, 2.24) is 15.1 Å². The summed E-state index contributed by atoms with van der Waals surface area (Å²) in [6, 6.07) is 14.4. The van der Waals surface area contributed by atoms with Gasteiger partial charge in [-0.2, -0.15) is 8.42 Å². The van der Waals surface area contributed by atoms with Crippen LogP contribution in [0.25, 0.3) is 0 Å². The molecule has 0 spiro atoms. The number of alkyl halides is 1. The molecule has 2 aromatic rings. The Morgan fingerprint density at radius 3 is 2.39 bits per heavy atom. The molecule has 0 aliphatic carbocycles. The van der Waals surface area contributed by atoms with Crippen LogP contribution in [0.3, 0.4) is 0 Å². The minimum Gasteiger partial charge on any atom is -0.497 e. The molecule has 0 radical (unpaired) electrons. The Morgan fingerprint density at radius 2 is 1.79 bits per heavy atom. The van der Waals surface area contributed by atoms with Crippen LogP contribution in [0.1, 0.15) is 37.0 Å². The van der Waals surface area contributed by atoms with Gasteiger partial charge in [0.1, 0.15) is 23.9 Å². The number of nitrogens with zero attached hydrogens (tertiary/aromatic N) is 2. The Kier molecular flexibility index (Phi) is 11.1. The maximum atomic E-state index is 12.7. The zero-order chi connectivity index (χ0) is 27.7. The van der Waals surface area contributed by atoms with E-state index in [2.05, 4.69) is 12.2 Å². The van der Waals surface area contributed by atoms with E-state index in [4.69, 9.17) is 36.9 Å². The van der Waals surface area contributed by atoms with Gasteiger partial charge in [-0.3, -0.25) is 4.79 Å². The molecule has 0 saturated heterocycles. The average Bonchev–Trinajstić information content (AvgIpc) is 3.26. The third kappa shape index (κ3) is 8.78. The second-order valence-electron chi connectivity index (χ2n) is 8.74. The maximum Gasteiger partial charge on any atom is 0.267 e. The third-order valence-electron chi connectivity index (χ3n) is 5.73. The van der Waals surface area contributed by atoms with Crippen molar-refractivity contribution in [3.05, 3.63) is 77.1 Å². The molecule has 3 atom stereocenters. The summed E-state index contributed by atoms with van der Waals surface area (Å²) in [5.41, 5.74) is 0.800. The summed E-state index contributed by atoms with van der Waals surface area (Å²) in [6.07, 6.45) is 4.07. The Morgan fingerprint density at radius 1 is 1.11 bits per heavy atom. The lowest BCUT2D eigenvalue weighted by atomic mass is 10.1. The van der Waals surface area contributed by atoms with E-state index < -0.39 is 28.1 Å².